The monoisotopic (exact) mass is 585 g/mol. The van der Waals surface area contributed by atoms with Crippen LogP contribution in [0.25, 0.3) is 0 Å². The van der Waals surface area contributed by atoms with Gasteiger partial charge < -0.3 is 10.6 Å². The van der Waals surface area contributed by atoms with Gasteiger partial charge in [0.2, 0.25) is 0 Å². The maximum Gasteiger partial charge on any atom is 0.283 e. The van der Waals surface area contributed by atoms with Crippen molar-refractivity contribution in [2.45, 2.75) is 20.8 Å². The molecule has 34 heavy (non-hydrogen) atoms. The van der Waals surface area contributed by atoms with Gasteiger partial charge in [0, 0.05) is 20.5 Å². The molecular formula is C26H21ClIN3O3. The van der Waals surface area contributed by atoms with Crippen molar-refractivity contribution in [2.24, 2.45) is 0 Å². The molecule has 3 amide bonds. The Kier molecular flexibility index (Phi) is 6.77. The second-order valence-electron chi connectivity index (χ2n) is 8.10. The van der Waals surface area contributed by atoms with Crippen LogP contribution in [0.2, 0.25) is 0 Å². The van der Waals surface area contributed by atoms with E-state index in [4.69, 9.17) is 11.6 Å². The maximum atomic E-state index is 13.1. The number of imide groups is 1. The highest BCUT2D eigenvalue weighted by Gasteiger charge is 2.39. The number of nitrogens with zero attached hydrogens (tertiary/aromatic N) is 1. The number of amides is 3. The second kappa shape index (κ2) is 9.60. The second-order valence-corrected chi connectivity index (χ2v) is 9.72. The van der Waals surface area contributed by atoms with Crippen LogP contribution in [0.4, 0.5) is 17.1 Å². The predicted octanol–water partition coefficient (Wildman–Crippen LogP) is 5.90. The normalized spacial score (nSPS) is 13.5. The van der Waals surface area contributed by atoms with Crippen molar-refractivity contribution < 1.29 is 14.4 Å². The summed E-state index contributed by atoms with van der Waals surface area (Å²) >= 11 is 8.48. The van der Waals surface area contributed by atoms with E-state index in [1.807, 2.05) is 45.0 Å². The van der Waals surface area contributed by atoms with E-state index in [1.165, 1.54) is 0 Å². The SMILES string of the molecule is Cc1cc(C)cc(N2C(=O)C(Cl)=C(Nc3cccc(C(=O)Nc4ccc(I)cc4C)c3)C2=O)c1. The lowest BCUT2D eigenvalue weighted by atomic mass is 10.1. The standard InChI is InChI=1S/C26H21ClIN3O3/c1-14-9-15(2)11-20(10-14)31-25(33)22(27)23(26(31)34)29-19-6-4-5-17(13-19)24(32)30-21-8-7-18(28)12-16(21)3/h4-13,29H,1-3H3,(H,30,32). The third-order valence-corrected chi connectivity index (χ3v) is 6.34. The molecule has 0 saturated heterocycles. The highest BCUT2D eigenvalue weighted by Crippen LogP contribution is 2.31. The molecule has 8 heteroatoms. The van der Waals surface area contributed by atoms with Crippen LogP contribution < -0.4 is 15.5 Å². The number of nitrogens with one attached hydrogen (secondary N) is 2. The van der Waals surface area contributed by atoms with Crippen molar-refractivity contribution in [1.82, 2.24) is 0 Å². The van der Waals surface area contributed by atoms with E-state index in [1.54, 1.807) is 36.4 Å². The zero-order chi connectivity index (χ0) is 24.6. The number of hydrogen-bond acceptors (Lipinski definition) is 4. The molecule has 0 atom stereocenters. The molecule has 0 unspecified atom stereocenters. The lowest BCUT2D eigenvalue weighted by Crippen LogP contribution is -2.32. The number of hydrogen-bond donors (Lipinski definition) is 2. The minimum absolute atomic E-state index is 0.0307. The first kappa shape index (κ1) is 24.0. The molecule has 3 aromatic rings. The summed E-state index contributed by atoms with van der Waals surface area (Å²) in [6, 6.07) is 17.9. The highest BCUT2D eigenvalue weighted by atomic mass is 127. The Morgan fingerprint density at radius 3 is 2.29 bits per heavy atom. The molecule has 3 aromatic carbocycles. The van der Waals surface area contributed by atoms with Crippen LogP contribution in [0.15, 0.2) is 71.4 Å². The molecule has 0 radical (unpaired) electrons. The highest BCUT2D eigenvalue weighted by molar-refractivity contribution is 14.1. The molecule has 2 N–H and O–H groups in total. The molecule has 0 fully saturated rings. The molecule has 1 aliphatic heterocycles. The molecule has 0 aromatic heterocycles. The summed E-state index contributed by atoms with van der Waals surface area (Å²) in [5.41, 5.74) is 4.81. The van der Waals surface area contributed by atoms with E-state index < -0.39 is 11.8 Å². The number of carbonyl (C=O) groups is 3. The molecule has 1 aliphatic rings. The minimum Gasteiger partial charge on any atom is -0.350 e. The van der Waals surface area contributed by atoms with E-state index in [0.717, 1.165) is 30.8 Å². The van der Waals surface area contributed by atoms with Crippen LogP contribution in [0.5, 0.6) is 0 Å². The van der Waals surface area contributed by atoms with E-state index in [0.29, 0.717) is 16.9 Å². The number of anilines is 3. The molecule has 0 bridgehead atoms. The van der Waals surface area contributed by atoms with Gasteiger partial charge >= 0.3 is 0 Å². The van der Waals surface area contributed by atoms with Crippen molar-refractivity contribution in [1.29, 1.82) is 0 Å². The summed E-state index contributed by atoms with van der Waals surface area (Å²) in [6.07, 6.45) is 0. The van der Waals surface area contributed by atoms with Crippen LogP contribution in [-0.2, 0) is 9.59 Å². The Hall–Kier alpha value is -3.17. The van der Waals surface area contributed by atoms with Crippen molar-refractivity contribution >= 4 is 69.0 Å². The van der Waals surface area contributed by atoms with E-state index in [9.17, 15) is 14.4 Å². The maximum absolute atomic E-state index is 13.1. The number of benzene rings is 3. The van der Waals surface area contributed by atoms with Gasteiger partial charge in [-0.05, 0) is 109 Å². The lowest BCUT2D eigenvalue weighted by Gasteiger charge is -2.16. The summed E-state index contributed by atoms with van der Waals surface area (Å²) in [6.45, 7) is 5.71. The Labute approximate surface area is 216 Å². The molecule has 1 heterocycles. The lowest BCUT2D eigenvalue weighted by molar-refractivity contribution is -0.120. The van der Waals surface area contributed by atoms with Gasteiger partial charge in [0.1, 0.15) is 10.7 Å². The third-order valence-electron chi connectivity index (χ3n) is 5.32. The van der Waals surface area contributed by atoms with Gasteiger partial charge in [-0.25, -0.2) is 4.90 Å². The van der Waals surface area contributed by atoms with E-state index in [-0.39, 0.29) is 16.6 Å². The van der Waals surface area contributed by atoms with Gasteiger partial charge in [0.25, 0.3) is 17.7 Å². The molecule has 0 aliphatic carbocycles. The average Bonchev–Trinajstić information content (AvgIpc) is 2.98. The predicted molar refractivity (Wildman–Crippen MR) is 143 cm³/mol. The van der Waals surface area contributed by atoms with Gasteiger partial charge in [0.05, 0.1) is 5.69 Å². The molecule has 0 saturated carbocycles. The fourth-order valence-electron chi connectivity index (χ4n) is 3.77. The summed E-state index contributed by atoms with van der Waals surface area (Å²) in [7, 11) is 0. The fraction of sp³-hybridized carbons (Fsp3) is 0.115. The molecule has 4 rings (SSSR count). The van der Waals surface area contributed by atoms with Crippen LogP contribution in [-0.4, -0.2) is 17.7 Å². The van der Waals surface area contributed by atoms with Crippen molar-refractivity contribution in [3.8, 4) is 0 Å². The first-order valence-corrected chi connectivity index (χ1v) is 11.9. The topological polar surface area (TPSA) is 78.5 Å². The van der Waals surface area contributed by atoms with Gasteiger partial charge in [-0.2, -0.15) is 0 Å². The number of carbonyl (C=O) groups excluding carboxylic acids is 3. The fourth-order valence-corrected chi connectivity index (χ4v) is 4.63. The Bertz CT molecular complexity index is 1360. The van der Waals surface area contributed by atoms with Gasteiger partial charge in [-0.1, -0.05) is 23.7 Å². The van der Waals surface area contributed by atoms with Crippen molar-refractivity contribution in [2.75, 3.05) is 15.5 Å². The Balaban J connectivity index is 1.56. The van der Waals surface area contributed by atoms with Gasteiger partial charge in [-0.3, -0.25) is 14.4 Å². The third kappa shape index (κ3) is 4.85. The van der Waals surface area contributed by atoms with Gasteiger partial charge in [-0.15, -0.1) is 0 Å². The van der Waals surface area contributed by atoms with Crippen molar-refractivity contribution in [3.63, 3.8) is 0 Å². The quantitative estimate of drug-likeness (QED) is 0.289. The smallest absolute Gasteiger partial charge is 0.283 e. The largest absolute Gasteiger partial charge is 0.350 e. The zero-order valence-corrected chi connectivity index (χ0v) is 21.6. The van der Waals surface area contributed by atoms with Gasteiger partial charge in [0.15, 0.2) is 0 Å². The van der Waals surface area contributed by atoms with Crippen molar-refractivity contribution in [3.05, 3.63) is 97.2 Å². The minimum atomic E-state index is -0.595. The Morgan fingerprint density at radius 2 is 1.62 bits per heavy atom. The number of aryl methyl sites for hydroxylation is 3. The van der Waals surface area contributed by atoms with Crippen LogP contribution >= 0.6 is 34.2 Å². The summed E-state index contributed by atoms with van der Waals surface area (Å²) in [4.78, 5) is 39.8. The average molecular weight is 586 g/mol. The zero-order valence-electron chi connectivity index (χ0n) is 18.7. The van der Waals surface area contributed by atoms with Crippen LogP contribution in [0.1, 0.15) is 27.0 Å². The Morgan fingerprint density at radius 1 is 0.912 bits per heavy atom. The number of rotatable bonds is 5. The molecule has 172 valence electrons. The molecule has 6 nitrogen and oxygen atoms in total. The van der Waals surface area contributed by atoms with Crippen LogP contribution in [0, 0.1) is 24.3 Å². The first-order valence-electron chi connectivity index (χ1n) is 10.5. The summed E-state index contributed by atoms with van der Waals surface area (Å²) < 4.78 is 1.08. The molecule has 0 spiro atoms. The summed E-state index contributed by atoms with van der Waals surface area (Å²) in [5.74, 6) is -1.44. The molecular weight excluding hydrogens is 565 g/mol. The van der Waals surface area contributed by atoms with E-state index >= 15 is 0 Å². The van der Waals surface area contributed by atoms with E-state index in [2.05, 4.69) is 33.2 Å². The number of halogens is 2. The first-order chi connectivity index (χ1) is 16.1. The van der Waals surface area contributed by atoms with Crippen LogP contribution in [0.3, 0.4) is 0 Å². The summed E-state index contributed by atoms with van der Waals surface area (Å²) in [5, 5.41) is 5.63.